The Bertz CT molecular complexity index is 533. The number of ether oxygens (including phenoxy) is 1. The molecule has 3 heterocycles. The second-order valence-electron chi connectivity index (χ2n) is 6.44. The molecule has 6 heteroatoms. The standard InChI is InChI=1S/C15H22N4O2/c1-9-8-16-14(17-9)15(20)18-11-10-4-7-21-13(10)12(11)19-5-2-3-6-19/h8,10-13H,2-7H2,1H3,(H,16,17)(H,18,20)/t10-,11+,12-,13-/m0/s1. The first kappa shape index (κ1) is 13.3. The molecule has 4 atom stereocenters. The van der Waals surface area contributed by atoms with Crippen LogP contribution in [-0.2, 0) is 4.74 Å². The Morgan fingerprint density at radius 2 is 2.29 bits per heavy atom. The molecule has 114 valence electrons. The number of nitrogens with zero attached hydrogens (tertiary/aromatic N) is 2. The van der Waals surface area contributed by atoms with Crippen LogP contribution in [0.2, 0.25) is 0 Å². The van der Waals surface area contributed by atoms with Crippen LogP contribution in [0, 0.1) is 12.8 Å². The average molecular weight is 290 g/mol. The number of carbonyl (C=O) groups excluding carboxylic acids is 1. The molecule has 2 N–H and O–H groups in total. The van der Waals surface area contributed by atoms with Gasteiger partial charge in [-0.2, -0.15) is 0 Å². The molecule has 1 aliphatic carbocycles. The highest BCUT2D eigenvalue weighted by molar-refractivity contribution is 5.91. The lowest BCUT2D eigenvalue weighted by molar-refractivity contribution is -0.0748. The van der Waals surface area contributed by atoms with Crippen LogP contribution in [0.5, 0.6) is 0 Å². The lowest BCUT2D eigenvalue weighted by Gasteiger charge is -2.51. The minimum Gasteiger partial charge on any atom is -0.376 e. The Balaban J connectivity index is 1.48. The zero-order chi connectivity index (χ0) is 14.4. The van der Waals surface area contributed by atoms with E-state index < -0.39 is 0 Å². The van der Waals surface area contributed by atoms with Gasteiger partial charge >= 0.3 is 0 Å². The summed E-state index contributed by atoms with van der Waals surface area (Å²) in [5.41, 5.74) is 0.909. The van der Waals surface area contributed by atoms with Crippen molar-refractivity contribution in [2.45, 2.75) is 44.4 Å². The van der Waals surface area contributed by atoms with Gasteiger partial charge < -0.3 is 15.0 Å². The van der Waals surface area contributed by atoms with Crippen LogP contribution in [0.4, 0.5) is 0 Å². The van der Waals surface area contributed by atoms with Crippen molar-refractivity contribution in [1.29, 1.82) is 0 Å². The highest BCUT2D eigenvalue weighted by Gasteiger charge is 2.56. The number of likely N-dealkylation sites (tertiary alicyclic amines) is 1. The van der Waals surface area contributed by atoms with Gasteiger partial charge in [0.2, 0.25) is 0 Å². The molecule has 3 fully saturated rings. The van der Waals surface area contributed by atoms with Crippen molar-refractivity contribution in [2.75, 3.05) is 19.7 Å². The van der Waals surface area contributed by atoms with Crippen molar-refractivity contribution in [3.8, 4) is 0 Å². The first-order valence-electron chi connectivity index (χ1n) is 7.92. The van der Waals surface area contributed by atoms with Crippen LogP contribution < -0.4 is 5.32 Å². The van der Waals surface area contributed by atoms with E-state index in [0.717, 1.165) is 31.8 Å². The van der Waals surface area contributed by atoms with Gasteiger partial charge in [-0.15, -0.1) is 0 Å². The van der Waals surface area contributed by atoms with Gasteiger partial charge in [-0.3, -0.25) is 9.69 Å². The maximum Gasteiger partial charge on any atom is 0.287 e. The lowest BCUT2D eigenvalue weighted by Crippen LogP contribution is -2.70. The average Bonchev–Trinajstić information content (AvgIpc) is 3.17. The van der Waals surface area contributed by atoms with Crippen molar-refractivity contribution in [3.05, 3.63) is 17.7 Å². The number of imidazole rings is 1. The number of nitrogens with one attached hydrogen (secondary N) is 2. The predicted octanol–water partition coefficient (Wildman–Crippen LogP) is 0.700. The van der Waals surface area contributed by atoms with Crippen LogP contribution in [0.1, 0.15) is 35.6 Å². The van der Waals surface area contributed by atoms with Gasteiger partial charge in [-0.1, -0.05) is 0 Å². The van der Waals surface area contributed by atoms with Crippen LogP contribution in [-0.4, -0.2) is 58.7 Å². The number of hydrogen-bond donors (Lipinski definition) is 2. The SMILES string of the molecule is Cc1cnc(C(=O)N[C@@H]2[C@@H]3CCO[C@@H]3[C@H]2N2CCCC2)[nH]1. The Labute approximate surface area is 124 Å². The Morgan fingerprint density at radius 1 is 1.48 bits per heavy atom. The molecule has 0 radical (unpaired) electrons. The van der Waals surface area contributed by atoms with Gasteiger partial charge in [0.05, 0.1) is 18.2 Å². The third-order valence-electron chi connectivity index (χ3n) is 5.13. The second kappa shape index (κ2) is 5.10. The number of rotatable bonds is 3. The van der Waals surface area contributed by atoms with Gasteiger partial charge in [0, 0.05) is 24.4 Å². The minimum absolute atomic E-state index is 0.0948. The molecule has 0 unspecified atom stereocenters. The van der Waals surface area contributed by atoms with Crippen molar-refractivity contribution in [2.24, 2.45) is 5.92 Å². The summed E-state index contributed by atoms with van der Waals surface area (Å²) in [7, 11) is 0. The van der Waals surface area contributed by atoms with E-state index in [-0.39, 0.29) is 11.9 Å². The number of aromatic amines is 1. The maximum atomic E-state index is 12.3. The van der Waals surface area contributed by atoms with Crippen molar-refractivity contribution in [1.82, 2.24) is 20.2 Å². The monoisotopic (exact) mass is 290 g/mol. The number of aromatic nitrogens is 2. The zero-order valence-electron chi connectivity index (χ0n) is 12.3. The van der Waals surface area contributed by atoms with E-state index in [2.05, 4.69) is 20.2 Å². The Hall–Kier alpha value is -1.40. The minimum atomic E-state index is -0.0948. The number of hydrogen-bond acceptors (Lipinski definition) is 4. The summed E-state index contributed by atoms with van der Waals surface area (Å²) in [6.45, 7) is 4.99. The third kappa shape index (κ3) is 2.17. The van der Waals surface area contributed by atoms with Crippen LogP contribution >= 0.6 is 0 Å². The summed E-state index contributed by atoms with van der Waals surface area (Å²) in [5, 5.41) is 3.19. The number of carbonyl (C=O) groups is 1. The predicted molar refractivity (Wildman–Crippen MR) is 77.0 cm³/mol. The fourth-order valence-electron chi connectivity index (χ4n) is 4.09. The van der Waals surface area contributed by atoms with Crippen LogP contribution in [0.15, 0.2) is 6.20 Å². The molecule has 21 heavy (non-hydrogen) atoms. The fraction of sp³-hybridized carbons (Fsp3) is 0.733. The fourth-order valence-corrected chi connectivity index (χ4v) is 4.09. The molecule has 0 aromatic carbocycles. The van der Waals surface area contributed by atoms with E-state index in [1.54, 1.807) is 6.20 Å². The molecule has 2 aliphatic heterocycles. The molecule has 3 aliphatic rings. The number of fused-ring (bicyclic) bond motifs is 1. The molecular weight excluding hydrogens is 268 g/mol. The number of aryl methyl sites for hydroxylation is 1. The van der Waals surface area contributed by atoms with E-state index in [1.807, 2.05) is 6.92 Å². The summed E-state index contributed by atoms with van der Waals surface area (Å²) in [6.07, 6.45) is 5.57. The third-order valence-corrected chi connectivity index (χ3v) is 5.13. The highest BCUT2D eigenvalue weighted by Crippen LogP contribution is 2.42. The van der Waals surface area contributed by atoms with Crippen LogP contribution in [0.3, 0.4) is 0 Å². The topological polar surface area (TPSA) is 70.2 Å². The smallest absolute Gasteiger partial charge is 0.287 e. The summed E-state index contributed by atoms with van der Waals surface area (Å²) in [5.74, 6) is 0.785. The molecule has 1 amide bonds. The summed E-state index contributed by atoms with van der Waals surface area (Å²) in [6, 6.07) is 0.550. The van der Waals surface area contributed by atoms with Gasteiger partial charge in [0.25, 0.3) is 5.91 Å². The van der Waals surface area contributed by atoms with Gasteiger partial charge in [-0.05, 0) is 39.3 Å². The van der Waals surface area contributed by atoms with E-state index in [1.165, 1.54) is 12.8 Å². The van der Waals surface area contributed by atoms with E-state index >= 15 is 0 Å². The Kier molecular flexibility index (Phi) is 3.23. The van der Waals surface area contributed by atoms with Gasteiger partial charge in [-0.25, -0.2) is 4.98 Å². The highest BCUT2D eigenvalue weighted by atomic mass is 16.5. The van der Waals surface area contributed by atoms with Crippen molar-refractivity contribution < 1.29 is 9.53 Å². The lowest BCUT2D eigenvalue weighted by atomic mass is 9.70. The van der Waals surface area contributed by atoms with Gasteiger partial charge in [0.15, 0.2) is 5.82 Å². The van der Waals surface area contributed by atoms with E-state index in [4.69, 9.17) is 4.74 Å². The molecule has 2 saturated heterocycles. The van der Waals surface area contributed by atoms with E-state index in [9.17, 15) is 4.79 Å². The van der Waals surface area contributed by atoms with Crippen molar-refractivity contribution in [3.63, 3.8) is 0 Å². The molecule has 0 bridgehead atoms. The first-order chi connectivity index (χ1) is 10.2. The molecule has 0 spiro atoms. The number of H-pyrrole nitrogens is 1. The molecule has 1 saturated carbocycles. The van der Waals surface area contributed by atoms with Gasteiger partial charge in [0.1, 0.15) is 0 Å². The maximum absolute atomic E-state index is 12.3. The largest absolute Gasteiger partial charge is 0.376 e. The Morgan fingerprint density at radius 3 is 3.00 bits per heavy atom. The number of amides is 1. The molecule has 4 rings (SSSR count). The first-order valence-corrected chi connectivity index (χ1v) is 7.92. The van der Waals surface area contributed by atoms with E-state index in [0.29, 0.717) is 23.9 Å². The summed E-state index contributed by atoms with van der Waals surface area (Å²) >= 11 is 0. The molecular formula is C15H22N4O2. The summed E-state index contributed by atoms with van der Waals surface area (Å²) in [4.78, 5) is 22.0. The second-order valence-corrected chi connectivity index (χ2v) is 6.44. The normalized spacial score (nSPS) is 35.5. The zero-order valence-corrected chi connectivity index (χ0v) is 12.3. The molecule has 1 aromatic heterocycles. The summed E-state index contributed by atoms with van der Waals surface area (Å²) < 4.78 is 5.88. The quantitative estimate of drug-likeness (QED) is 0.860. The molecule has 1 aromatic rings. The van der Waals surface area contributed by atoms with Crippen LogP contribution in [0.25, 0.3) is 0 Å². The molecule has 6 nitrogen and oxygen atoms in total. The van der Waals surface area contributed by atoms with Crippen molar-refractivity contribution >= 4 is 5.91 Å².